The van der Waals surface area contributed by atoms with Gasteiger partial charge in [-0.05, 0) is 29.8 Å². The number of carbonyl (C=O) groups excluding carboxylic acids is 1. The lowest BCUT2D eigenvalue weighted by molar-refractivity contribution is 0.0698. The molecule has 0 aromatic heterocycles. The van der Waals surface area contributed by atoms with Gasteiger partial charge in [-0.3, -0.25) is 4.79 Å². The van der Waals surface area contributed by atoms with Crippen molar-refractivity contribution in [2.24, 2.45) is 0 Å². The van der Waals surface area contributed by atoms with Crippen molar-refractivity contribution in [2.45, 2.75) is 4.90 Å². The largest absolute Gasteiger partial charge is 0.336 e. The first-order valence-electron chi connectivity index (χ1n) is 10.1. The van der Waals surface area contributed by atoms with Crippen LogP contribution in [-0.4, -0.2) is 49.7 Å². The number of carbonyl (C=O) groups is 1. The normalized spacial score (nSPS) is 14.7. The average molecular weight is 466 g/mol. The number of hydrogen-bond donors (Lipinski definition) is 0. The van der Waals surface area contributed by atoms with Gasteiger partial charge < -0.3 is 4.90 Å². The van der Waals surface area contributed by atoms with Crippen LogP contribution in [0.4, 0.5) is 0 Å². The number of rotatable bonds is 4. The van der Waals surface area contributed by atoms with E-state index in [1.54, 1.807) is 47.4 Å². The second-order valence-electron chi connectivity index (χ2n) is 7.33. The Bertz CT molecular complexity index is 1310. The third-order valence-electron chi connectivity index (χ3n) is 5.48. The number of halogens is 1. The molecule has 0 radical (unpaired) electrons. The minimum absolute atomic E-state index is 0.0694. The summed E-state index contributed by atoms with van der Waals surface area (Å²) in [5, 5.41) is 9.64. The smallest absolute Gasteiger partial charge is 0.254 e. The van der Waals surface area contributed by atoms with E-state index in [2.05, 4.69) is 6.07 Å². The summed E-state index contributed by atoms with van der Waals surface area (Å²) in [5.41, 5.74) is 2.35. The maximum atomic E-state index is 13.3. The summed E-state index contributed by atoms with van der Waals surface area (Å²) >= 11 is 6.09. The number of amides is 1. The molecule has 162 valence electrons. The summed E-state index contributed by atoms with van der Waals surface area (Å²) in [6.45, 7) is 0.875. The third-order valence-corrected chi connectivity index (χ3v) is 7.87. The summed E-state index contributed by atoms with van der Waals surface area (Å²) < 4.78 is 27.3. The SMILES string of the molecule is N#Cc1ccccc1-c1ccccc1C(=O)N1CCN(S(=O)(=O)c2ccccc2Cl)CC1. The van der Waals surface area contributed by atoms with Crippen molar-refractivity contribution in [1.29, 1.82) is 5.26 Å². The summed E-state index contributed by atoms with van der Waals surface area (Å²) in [7, 11) is -3.74. The average Bonchev–Trinajstić information content (AvgIpc) is 2.84. The first-order valence-corrected chi connectivity index (χ1v) is 11.9. The quantitative estimate of drug-likeness (QED) is 0.582. The molecule has 3 aromatic rings. The van der Waals surface area contributed by atoms with E-state index in [0.717, 1.165) is 0 Å². The molecule has 0 saturated carbocycles. The van der Waals surface area contributed by atoms with Crippen molar-refractivity contribution in [1.82, 2.24) is 9.21 Å². The maximum absolute atomic E-state index is 13.3. The first kappa shape index (κ1) is 22.0. The Morgan fingerprint density at radius 3 is 2.12 bits per heavy atom. The molecule has 0 spiro atoms. The van der Waals surface area contributed by atoms with Gasteiger partial charge in [0.25, 0.3) is 5.91 Å². The predicted molar refractivity (Wildman–Crippen MR) is 123 cm³/mol. The molecule has 32 heavy (non-hydrogen) atoms. The van der Waals surface area contributed by atoms with Gasteiger partial charge in [-0.25, -0.2) is 8.42 Å². The number of benzene rings is 3. The highest BCUT2D eigenvalue weighted by atomic mass is 35.5. The Labute approximate surface area is 192 Å². The van der Waals surface area contributed by atoms with E-state index in [1.165, 1.54) is 10.4 Å². The standard InChI is InChI=1S/C24H20ClN3O3S/c25-22-11-5-6-12-23(22)32(30,31)28-15-13-27(14-16-28)24(29)21-10-4-3-9-20(21)19-8-2-1-7-18(19)17-26/h1-12H,13-16H2. The maximum Gasteiger partial charge on any atom is 0.254 e. The second-order valence-corrected chi connectivity index (χ2v) is 9.64. The van der Waals surface area contributed by atoms with Crippen LogP contribution in [0.25, 0.3) is 11.1 Å². The van der Waals surface area contributed by atoms with Crippen molar-refractivity contribution in [3.05, 3.63) is 88.9 Å². The van der Waals surface area contributed by atoms with Crippen molar-refractivity contribution < 1.29 is 13.2 Å². The van der Waals surface area contributed by atoms with Gasteiger partial charge in [0.1, 0.15) is 4.90 Å². The van der Waals surface area contributed by atoms with E-state index in [4.69, 9.17) is 11.6 Å². The first-order chi connectivity index (χ1) is 15.4. The zero-order chi connectivity index (χ0) is 22.7. The Morgan fingerprint density at radius 1 is 0.844 bits per heavy atom. The number of piperazine rings is 1. The molecule has 8 heteroatoms. The van der Waals surface area contributed by atoms with Gasteiger partial charge in [0.05, 0.1) is 16.7 Å². The molecule has 0 unspecified atom stereocenters. The van der Waals surface area contributed by atoms with Crippen LogP contribution in [0, 0.1) is 11.3 Å². The Balaban J connectivity index is 1.56. The van der Waals surface area contributed by atoms with Gasteiger partial charge in [-0.2, -0.15) is 9.57 Å². The van der Waals surface area contributed by atoms with E-state index >= 15 is 0 Å². The van der Waals surface area contributed by atoms with Crippen LogP contribution in [0.1, 0.15) is 15.9 Å². The van der Waals surface area contributed by atoms with Crippen LogP contribution < -0.4 is 0 Å². The lowest BCUT2D eigenvalue weighted by Crippen LogP contribution is -2.50. The molecule has 1 aliphatic rings. The fourth-order valence-electron chi connectivity index (χ4n) is 3.81. The summed E-state index contributed by atoms with van der Waals surface area (Å²) in [4.78, 5) is 15.0. The number of sulfonamides is 1. The molecule has 4 rings (SSSR count). The molecular weight excluding hydrogens is 446 g/mol. The lowest BCUT2D eigenvalue weighted by atomic mass is 9.95. The van der Waals surface area contributed by atoms with Crippen molar-refractivity contribution >= 4 is 27.5 Å². The highest BCUT2D eigenvalue weighted by molar-refractivity contribution is 7.89. The third kappa shape index (κ3) is 4.13. The van der Waals surface area contributed by atoms with E-state index in [0.29, 0.717) is 22.3 Å². The second kappa shape index (κ2) is 9.13. The van der Waals surface area contributed by atoms with Crippen LogP contribution in [0.3, 0.4) is 0 Å². The van der Waals surface area contributed by atoms with Crippen LogP contribution in [0.2, 0.25) is 5.02 Å². The topological polar surface area (TPSA) is 81.5 Å². The molecule has 0 aliphatic carbocycles. The Kier molecular flexibility index (Phi) is 6.28. The molecule has 1 aliphatic heterocycles. The van der Waals surface area contributed by atoms with Crippen molar-refractivity contribution in [3.63, 3.8) is 0 Å². The zero-order valence-electron chi connectivity index (χ0n) is 17.1. The molecule has 1 heterocycles. The highest BCUT2D eigenvalue weighted by Gasteiger charge is 2.32. The van der Waals surface area contributed by atoms with Gasteiger partial charge >= 0.3 is 0 Å². The van der Waals surface area contributed by atoms with E-state index in [1.807, 2.05) is 24.3 Å². The van der Waals surface area contributed by atoms with Crippen LogP contribution >= 0.6 is 11.6 Å². The minimum Gasteiger partial charge on any atom is -0.336 e. The molecule has 1 amide bonds. The van der Waals surface area contributed by atoms with Gasteiger partial charge in [-0.1, -0.05) is 60.1 Å². The van der Waals surface area contributed by atoms with Gasteiger partial charge in [0.2, 0.25) is 10.0 Å². The molecule has 0 bridgehead atoms. The molecule has 0 atom stereocenters. The number of nitrogens with zero attached hydrogens (tertiary/aromatic N) is 3. The van der Waals surface area contributed by atoms with Gasteiger partial charge in [0.15, 0.2) is 0 Å². The number of nitriles is 1. The predicted octanol–water partition coefficient (Wildman–Crippen LogP) is 4.03. The monoisotopic (exact) mass is 465 g/mol. The fraction of sp³-hybridized carbons (Fsp3) is 0.167. The molecule has 3 aromatic carbocycles. The van der Waals surface area contributed by atoms with Gasteiger partial charge in [0, 0.05) is 37.3 Å². The molecule has 1 saturated heterocycles. The molecular formula is C24H20ClN3O3S. The van der Waals surface area contributed by atoms with E-state index in [9.17, 15) is 18.5 Å². The van der Waals surface area contributed by atoms with Gasteiger partial charge in [-0.15, -0.1) is 0 Å². The molecule has 1 fully saturated rings. The van der Waals surface area contributed by atoms with Crippen molar-refractivity contribution in [3.8, 4) is 17.2 Å². The van der Waals surface area contributed by atoms with Crippen LogP contribution in [0.5, 0.6) is 0 Å². The lowest BCUT2D eigenvalue weighted by Gasteiger charge is -2.34. The molecule has 6 nitrogen and oxygen atoms in total. The van der Waals surface area contributed by atoms with Crippen molar-refractivity contribution in [2.75, 3.05) is 26.2 Å². The van der Waals surface area contributed by atoms with Crippen LogP contribution in [-0.2, 0) is 10.0 Å². The fourth-order valence-corrected chi connectivity index (χ4v) is 5.73. The zero-order valence-corrected chi connectivity index (χ0v) is 18.7. The summed E-state index contributed by atoms with van der Waals surface area (Å²) in [6, 6.07) is 22.8. The van der Waals surface area contributed by atoms with Crippen LogP contribution in [0.15, 0.2) is 77.7 Å². The Hall–Kier alpha value is -3.18. The highest BCUT2D eigenvalue weighted by Crippen LogP contribution is 2.29. The Morgan fingerprint density at radius 2 is 1.44 bits per heavy atom. The number of hydrogen-bond acceptors (Lipinski definition) is 4. The molecule has 0 N–H and O–H groups in total. The van der Waals surface area contributed by atoms with E-state index in [-0.39, 0.29) is 42.0 Å². The van der Waals surface area contributed by atoms with E-state index < -0.39 is 10.0 Å². The summed E-state index contributed by atoms with van der Waals surface area (Å²) in [5.74, 6) is -0.192. The minimum atomic E-state index is -3.74. The summed E-state index contributed by atoms with van der Waals surface area (Å²) in [6.07, 6.45) is 0.